The predicted molar refractivity (Wildman–Crippen MR) is 101 cm³/mol. The van der Waals surface area contributed by atoms with Crippen molar-refractivity contribution in [2.75, 3.05) is 11.5 Å². The Kier molecular flexibility index (Phi) is 5.77. The van der Waals surface area contributed by atoms with Crippen molar-refractivity contribution >= 4 is 41.3 Å². The normalized spacial score (nSPS) is 17.8. The Hall–Kier alpha value is -2.05. The molecule has 1 aliphatic rings. The van der Waals surface area contributed by atoms with Gasteiger partial charge in [-0.15, -0.1) is 0 Å². The maximum absolute atomic E-state index is 14.2. The zero-order valence-corrected chi connectivity index (χ0v) is 15.7. The third-order valence-electron chi connectivity index (χ3n) is 4.13. The van der Waals surface area contributed by atoms with Crippen molar-refractivity contribution in [3.8, 4) is 0 Å². The highest BCUT2D eigenvalue weighted by atomic mass is 35.5. The van der Waals surface area contributed by atoms with Gasteiger partial charge in [0, 0.05) is 33.8 Å². The summed E-state index contributed by atoms with van der Waals surface area (Å²) in [5.74, 6) is -3.39. The first-order chi connectivity index (χ1) is 12.8. The van der Waals surface area contributed by atoms with Crippen LogP contribution in [0.15, 0.2) is 35.4 Å². The lowest BCUT2D eigenvalue weighted by Gasteiger charge is -2.17. The molecule has 140 valence electrons. The smallest absolute Gasteiger partial charge is 0.186 e. The third-order valence-corrected chi connectivity index (χ3v) is 5.46. The standard InChI is InChI=1S/C20H13ClF4OS/c1-10-2-4-16(22)13(18(10)24)6-11-8-27-9-12(20(11)26)7-14-17(23)5-3-15(21)19(14)25/h2-7H,8-9H2,1H3/b11-6+,12-7+. The Morgan fingerprint density at radius 2 is 1.41 bits per heavy atom. The number of hydrogen-bond donors (Lipinski definition) is 0. The molecule has 0 unspecified atom stereocenters. The minimum absolute atomic E-state index is 0.131. The second-order valence-electron chi connectivity index (χ2n) is 6.01. The van der Waals surface area contributed by atoms with Gasteiger partial charge in [0.2, 0.25) is 0 Å². The van der Waals surface area contributed by atoms with E-state index in [1.54, 1.807) is 0 Å². The van der Waals surface area contributed by atoms with Crippen molar-refractivity contribution in [1.29, 1.82) is 0 Å². The maximum Gasteiger partial charge on any atom is 0.186 e. The Balaban J connectivity index is 2.03. The van der Waals surface area contributed by atoms with Crippen LogP contribution in [0.3, 0.4) is 0 Å². The number of aryl methyl sites for hydroxylation is 1. The molecule has 1 saturated heterocycles. The van der Waals surface area contributed by atoms with Crippen LogP contribution in [0, 0.1) is 30.2 Å². The summed E-state index contributed by atoms with van der Waals surface area (Å²) in [4.78, 5) is 12.7. The van der Waals surface area contributed by atoms with E-state index in [-0.39, 0.29) is 38.8 Å². The lowest BCUT2D eigenvalue weighted by molar-refractivity contribution is -0.112. The number of thioether (sulfide) groups is 1. The summed E-state index contributed by atoms with van der Waals surface area (Å²) < 4.78 is 56.2. The Morgan fingerprint density at radius 1 is 0.889 bits per heavy atom. The van der Waals surface area contributed by atoms with E-state index in [1.165, 1.54) is 24.8 Å². The molecular formula is C20H13ClF4OS. The van der Waals surface area contributed by atoms with Crippen LogP contribution >= 0.6 is 23.4 Å². The minimum atomic E-state index is -0.964. The second-order valence-corrected chi connectivity index (χ2v) is 7.40. The van der Waals surface area contributed by atoms with Crippen LogP contribution in [0.1, 0.15) is 16.7 Å². The monoisotopic (exact) mass is 412 g/mol. The van der Waals surface area contributed by atoms with Gasteiger partial charge in [-0.3, -0.25) is 4.79 Å². The second kappa shape index (κ2) is 7.90. The van der Waals surface area contributed by atoms with Crippen LogP contribution in [-0.2, 0) is 4.79 Å². The van der Waals surface area contributed by atoms with Crippen molar-refractivity contribution < 1.29 is 22.4 Å². The molecule has 0 spiro atoms. The molecule has 1 fully saturated rings. The fourth-order valence-corrected chi connectivity index (χ4v) is 3.79. The summed E-state index contributed by atoms with van der Waals surface area (Å²) >= 11 is 6.97. The van der Waals surface area contributed by atoms with Crippen molar-refractivity contribution in [3.63, 3.8) is 0 Å². The van der Waals surface area contributed by atoms with E-state index in [0.717, 1.165) is 30.4 Å². The van der Waals surface area contributed by atoms with Gasteiger partial charge in [-0.2, -0.15) is 11.8 Å². The summed E-state index contributed by atoms with van der Waals surface area (Å²) in [6.07, 6.45) is 2.26. The number of carbonyl (C=O) groups is 1. The zero-order chi connectivity index (χ0) is 19.7. The summed E-state index contributed by atoms with van der Waals surface area (Å²) in [7, 11) is 0. The number of benzene rings is 2. The van der Waals surface area contributed by atoms with Gasteiger partial charge < -0.3 is 0 Å². The van der Waals surface area contributed by atoms with Gasteiger partial charge >= 0.3 is 0 Å². The average molecular weight is 413 g/mol. The lowest BCUT2D eigenvalue weighted by Crippen LogP contribution is -2.16. The van der Waals surface area contributed by atoms with Gasteiger partial charge in [-0.25, -0.2) is 17.6 Å². The fourth-order valence-electron chi connectivity index (χ4n) is 2.66. The molecule has 0 radical (unpaired) electrons. The maximum atomic E-state index is 14.2. The molecule has 2 aromatic carbocycles. The topological polar surface area (TPSA) is 17.1 Å². The quantitative estimate of drug-likeness (QED) is 0.342. The Morgan fingerprint density at radius 3 is 2.00 bits per heavy atom. The summed E-state index contributed by atoms with van der Waals surface area (Å²) in [5.41, 5.74) is -0.186. The van der Waals surface area contributed by atoms with Crippen LogP contribution in [0.2, 0.25) is 5.02 Å². The highest BCUT2D eigenvalue weighted by molar-refractivity contribution is 7.99. The van der Waals surface area contributed by atoms with E-state index in [1.807, 2.05) is 0 Å². The predicted octanol–water partition coefficient (Wildman–Crippen LogP) is 5.99. The molecule has 1 nitrogen and oxygen atoms in total. The van der Waals surface area contributed by atoms with Crippen LogP contribution in [-0.4, -0.2) is 17.3 Å². The molecule has 0 aromatic heterocycles. The molecular weight excluding hydrogens is 400 g/mol. The van der Waals surface area contributed by atoms with Crippen LogP contribution in [0.25, 0.3) is 12.2 Å². The summed E-state index contributed by atoms with van der Waals surface area (Å²) in [6, 6.07) is 4.52. The van der Waals surface area contributed by atoms with Gasteiger partial charge in [-0.1, -0.05) is 17.7 Å². The first-order valence-electron chi connectivity index (χ1n) is 7.91. The third kappa shape index (κ3) is 3.96. The van der Waals surface area contributed by atoms with E-state index >= 15 is 0 Å². The first kappa shape index (κ1) is 19.7. The van der Waals surface area contributed by atoms with Gasteiger partial charge in [-0.05, 0) is 42.8 Å². The van der Waals surface area contributed by atoms with E-state index in [0.29, 0.717) is 0 Å². The van der Waals surface area contributed by atoms with E-state index < -0.39 is 34.6 Å². The van der Waals surface area contributed by atoms with E-state index in [2.05, 4.69) is 0 Å². The molecule has 1 aliphatic heterocycles. The van der Waals surface area contributed by atoms with Crippen LogP contribution in [0.4, 0.5) is 17.6 Å². The average Bonchev–Trinajstić information content (AvgIpc) is 2.64. The lowest BCUT2D eigenvalue weighted by atomic mass is 9.99. The SMILES string of the molecule is Cc1ccc(F)c(/C=C2\CSC/C(=C\c3c(F)ccc(Cl)c3F)C2=O)c1F. The molecule has 1 heterocycles. The van der Waals surface area contributed by atoms with Crippen molar-refractivity contribution in [1.82, 2.24) is 0 Å². The Labute approximate surface area is 162 Å². The molecule has 0 aliphatic carbocycles. The number of halogens is 5. The molecule has 0 atom stereocenters. The molecule has 0 bridgehead atoms. The molecule has 2 aromatic rings. The molecule has 0 saturated carbocycles. The van der Waals surface area contributed by atoms with Gasteiger partial charge in [0.05, 0.1) is 5.02 Å². The number of carbonyl (C=O) groups excluding carboxylic acids is 1. The molecule has 0 amide bonds. The molecule has 7 heteroatoms. The van der Waals surface area contributed by atoms with E-state index in [9.17, 15) is 22.4 Å². The van der Waals surface area contributed by atoms with Crippen LogP contribution in [0.5, 0.6) is 0 Å². The highest BCUT2D eigenvalue weighted by Crippen LogP contribution is 2.30. The van der Waals surface area contributed by atoms with E-state index in [4.69, 9.17) is 11.6 Å². The largest absolute Gasteiger partial charge is 0.289 e. The zero-order valence-electron chi connectivity index (χ0n) is 14.1. The Bertz CT molecular complexity index is 920. The molecule has 0 N–H and O–H groups in total. The number of ketones is 1. The number of rotatable bonds is 2. The summed E-state index contributed by atoms with van der Waals surface area (Å²) in [6.45, 7) is 1.49. The van der Waals surface area contributed by atoms with Gasteiger partial charge in [0.25, 0.3) is 0 Å². The summed E-state index contributed by atoms with van der Waals surface area (Å²) in [5, 5.41) is -0.265. The van der Waals surface area contributed by atoms with Crippen LogP contribution < -0.4 is 0 Å². The van der Waals surface area contributed by atoms with Gasteiger partial charge in [0.15, 0.2) is 11.6 Å². The van der Waals surface area contributed by atoms with Crippen molar-refractivity contribution in [2.24, 2.45) is 0 Å². The van der Waals surface area contributed by atoms with Gasteiger partial charge in [0.1, 0.15) is 17.5 Å². The molecule has 3 rings (SSSR count). The van der Waals surface area contributed by atoms with Crippen molar-refractivity contribution in [2.45, 2.75) is 6.92 Å². The number of Topliss-reactive ketones (excluding diaryl/α,β-unsaturated/α-hetero) is 1. The molecule has 27 heavy (non-hydrogen) atoms. The fraction of sp³-hybridized carbons (Fsp3) is 0.150. The van der Waals surface area contributed by atoms with Crippen molar-refractivity contribution in [3.05, 3.63) is 80.4 Å². The number of hydrogen-bond acceptors (Lipinski definition) is 2. The first-order valence-corrected chi connectivity index (χ1v) is 9.44. The highest BCUT2D eigenvalue weighted by Gasteiger charge is 2.24. The minimum Gasteiger partial charge on any atom is -0.289 e.